The van der Waals surface area contributed by atoms with Gasteiger partial charge in [-0.25, -0.2) is 0 Å². The third kappa shape index (κ3) is 3.43. The molecule has 0 fully saturated rings. The summed E-state index contributed by atoms with van der Waals surface area (Å²) in [4.78, 5) is 22.5. The predicted octanol–water partition coefficient (Wildman–Crippen LogP) is 2.61. The van der Waals surface area contributed by atoms with Crippen LogP contribution in [0.15, 0.2) is 42.5 Å². The van der Waals surface area contributed by atoms with E-state index in [0.29, 0.717) is 23.4 Å². The van der Waals surface area contributed by atoms with Crippen LogP contribution in [0.25, 0.3) is 0 Å². The number of hydrogen-bond donors (Lipinski definition) is 2. The van der Waals surface area contributed by atoms with Crippen molar-refractivity contribution in [2.75, 3.05) is 5.32 Å². The third-order valence-corrected chi connectivity index (χ3v) is 3.09. The smallest absolute Gasteiger partial charge is 0.274 e. The van der Waals surface area contributed by atoms with Crippen LogP contribution in [0.3, 0.4) is 0 Å². The fourth-order valence-corrected chi connectivity index (χ4v) is 1.93. The molecule has 0 saturated carbocycles. The Bertz CT molecular complexity index is 698. The lowest BCUT2D eigenvalue weighted by Gasteiger charge is -2.07. The van der Waals surface area contributed by atoms with Gasteiger partial charge in [0.25, 0.3) is 11.6 Å². The van der Waals surface area contributed by atoms with Crippen LogP contribution in [-0.4, -0.2) is 10.8 Å². The molecule has 0 aromatic heterocycles. The summed E-state index contributed by atoms with van der Waals surface area (Å²) >= 11 is 0. The van der Waals surface area contributed by atoms with Crippen molar-refractivity contribution < 1.29 is 9.72 Å². The second kappa shape index (κ2) is 6.15. The SMILES string of the molecule is Cc1ccc(NC(=O)c2cccc(CN)c2)cc1[N+](=O)[O-]. The molecule has 3 N–H and O–H groups in total. The Balaban J connectivity index is 2.23. The molecule has 0 radical (unpaired) electrons. The minimum atomic E-state index is -0.472. The second-order valence-electron chi connectivity index (χ2n) is 4.62. The number of amides is 1. The van der Waals surface area contributed by atoms with Gasteiger partial charge < -0.3 is 11.1 Å². The standard InChI is InChI=1S/C15H15N3O3/c1-10-5-6-13(8-14(10)18(20)21)17-15(19)12-4-2-3-11(7-12)9-16/h2-8H,9,16H2,1H3,(H,17,19). The number of nitrogens with one attached hydrogen (secondary N) is 1. The van der Waals surface area contributed by atoms with Crippen LogP contribution in [0.2, 0.25) is 0 Å². The van der Waals surface area contributed by atoms with Crippen molar-refractivity contribution in [1.29, 1.82) is 0 Å². The molecule has 0 saturated heterocycles. The molecule has 0 aliphatic rings. The van der Waals surface area contributed by atoms with Gasteiger partial charge >= 0.3 is 0 Å². The molecular weight excluding hydrogens is 270 g/mol. The zero-order valence-corrected chi connectivity index (χ0v) is 11.5. The van der Waals surface area contributed by atoms with Crippen molar-refractivity contribution in [3.05, 3.63) is 69.3 Å². The van der Waals surface area contributed by atoms with Crippen molar-refractivity contribution in [1.82, 2.24) is 0 Å². The average Bonchev–Trinajstić information content (AvgIpc) is 2.49. The first-order valence-electron chi connectivity index (χ1n) is 6.36. The van der Waals surface area contributed by atoms with Gasteiger partial charge in [0.1, 0.15) is 0 Å². The summed E-state index contributed by atoms with van der Waals surface area (Å²) in [6, 6.07) is 11.5. The van der Waals surface area contributed by atoms with E-state index >= 15 is 0 Å². The number of carbonyl (C=O) groups excluding carboxylic acids is 1. The van der Waals surface area contributed by atoms with E-state index in [1.54, 1.807) is 37.3 Å². The number of carbonyl (C=O) groups is 1. The fourth-order valence-electron chi connectivity index (χ4n) is 1.93. The largest absolute Gasteiger partial charge is 0.326 e. The van der Waals surface area contributed by atoms with Gasteiger partial charge in [-0.05, 0) is 30.7 Å². The van der Waals surface area contributed by atoms with Crippen LogP contribution < -0.4 is 11.1 Å². The van der Waals surface area contributed by atoms with Crippen molar-refractivity contribution in [3.8, 4) is 0 Å². The normalized spacial score (nSPS) is 10.2. The van der Waals surface area contributed by atoms with Gasteiger partial charge in [0.15, 0.2) is 0 Å². The van der Waals surface area contributed by atoms with E-state index < -0.39 is 4.92 Å². The van der Waals surface area contributed by atoms with Crippen LogP contribution in [-0.2, 0) is 6.54 Å². The van der Waals surface area contributed by atoms with Crippen molar-refractivity contribution in [3.63, 3.8) is 0 Å². The van der Waals surface area contributed by atoms with E-state index in [2.05, 4.69) is 5.32 Å². The maximum Gasteiger partial charge on any atom is 0.274 e. The Morgan fingerprint density at radius 3 is 2.71 bits per heavy atom. The second-order valence-corrected chi connectivity index (χ2v) is 4.62. The molecule has 1 amide bonds. The minimum Gasteiger partial charge on any atom is -0.326 e. The zero-order chi connectivity index (χ0) is 15.4. The average molecular weight is 285 g/mol. The quantitative estimate of drug-likeness (QED) is 0.666. The summed E-state index contributed by atoms with van der Waals surface area (Å²) in [5.74, 6) is -0.330. The Kier molecular flexibility index (Phi) is 4.30. The summed E-state index contributed by atoms with van der Waals surface area (Å²) in [6.45, 7) is 1.99. The van der Waals surface area contributed by atoms with E-state index in [9.17, 15) is 14.9 Å². The van der Waals surface area contributed by atoms with E-state index in [4.69, 9.17) is 5.73 Å². The van der Waals surface area contributed by atoms with E-state index in [-0.39, 0.29) is 11.6 Å². The molecule has 0 aliphatic carbocycles. The first kappa shape index (κ1) is 14.7. The Morgan fingerprint density at radius 1 is 1.29 bits per heavy atom. The molecule has 0 unspecified atom stereocenters. The van der Waals surface area contributed by atoms with Crippen molar-refractivity contribution in [2.24, 2.45) is 5.73 Å². The van der Waals surface area contributed by atoms with E-state index in [0.717, 1.165) is 5.56 Å². The highest BCUT2D eigenvalue weighted by molar-refractivity contribution is 6.04. The molecule has 108 valence electrons. The molecular formula is C15H15N3O3. The predicted molar refractivity (Wildman–Crippen MR) is 80.1 cm³/mol. The maximum absolute atomic E-state index is 12.1. The monoisotopic (exact) mass is 285 g/mol. The topological polar surface area (TPSA) is 98.3 Å². The molecule has 6 nitrogen and oxygen atoms in total. The number of nitrogens with two attached hydrogens (primary N) is 1. The molecule has 0 aliphatic heterocycles. The summed E-state index contributed by atoms with van der Waals surface area (Å²) in [7, 11) is 0. The van der Waals surface area contributed by atoms with Gasteiger partial charge in [0.05, 0.1) is 4.92 Å². The Hall–Kier alpha value is -2.73. The summed E-state index contributed by atoms with van der Waals surface area (Å²) in [5, 5.41) is 13.5. The van der Waals surface area contributed by atoms with Crippen LogP contribution in [0.4, 0.5) is 11.4 Å². The molecule has 0 spiro atoms. The number of rotatable bonds is 4. The number of nitro groups is 1. The lowest BCUT2D eigenvalue weighted by atomic mass is 10.1. The third-order valence-electron chi connectivity index (χ3n) is 3.09. The number of anilines is 1. The number of aryl methyl sites for hydroxylation is 1. The van der Waals surface area contributed by atoms with Crippen LogP contribution in [0, 0.1) is 17.0 Å². The highest BCUT2D eigenvalue weighted by Gasteiger charge is 2.13. The van der Waals surface area contributed by atoms with Crippen LogP contribution >= 0.6 is 0 Å². The number of benzene rings is 2. The molecule has 2 rings (SSSR count). The van der Waals surface area contributed by atoms with Gasteiger partial charge in [-0.2, -0.15) is 0 Å². The summed E-state index contributed by atoms with van der Waals surface area (Å²) < 4.78 is 0. The van der Waals surface area contributed by atoms with Gasteiger partial charge in [-0.3, -0.25) is 14.9 Å². The lowest BCUT2D eigenvalue weighted by molar-refractivity contribution is -0.385. The molecule has 6 heteroatoms. The maximum atomic E-state index is 12.1. The molecule has 0 heterocycles. The molecule has 2 aromatic carbocycles. The van der Waals surface area contributed by atoms with Gasteiger partial charge in [-0.15, -0.1) is 0 Å². The Labute approximate surface area is 121 Å². The fraction of sp³-hybridized carbons (Fsp3) is 0.133. The van der Waals surface area contributed by atoms with Crippen LogP contribution in [0.1, 0.15) is 21.5 Å². The summed E-state index contributed by atoms with van der Waals surface area (Å²) in [5.41, 5.74) is 7.74. The molecule has 0 atom stereocenters. The number of hydrogen-bond acceptors (Lipinski definition) is 4. The first-order chi connectivity index (χ1) is 10.0. The van der Waals surface area contributed by atoms with Crippen LogP contribution in [0.5, 0.6) is 0 Å². The van der Waals surface area contributed by atoms with Gasteiger partial charge in [-0.1, -0.05) is 18.2 Å². The van der Waals surface area contributed by atoms with Gasteiger partial charge in [0, 0.05) is 29.4 Å². The number of nitro benzene ring substituents is 1. The summed E-state index contributed by atoms with van der Waals surface area (Å²) in [6.07, 6.45) is 0. The Morgan fingerprint density at radius 2 is 2.05 bits per heavy atom. The minimum absolute atomic E-state index is 0.0245. The highest BCUT2D eigenvalue weighted by Crippen LogP contribution is 2.22. The molecule has 21 heavy (non-hydrogen) atoms. The van der Waals surface area contributed by atoms with E-state index in [1.807, 2.05) is 6.07 Å². The lowest BCUT2D eigenvalue weighted by Crippen LogP contribution is -2.12. The van der Waals surface area contributed by atoms with Gasteiger partial charge in [0.2, 0.25) is 0 Å². The highest BCUT2D eigenvalue weighted by atomic mass is 16.6. The number of nitrogens with zero attached hydrogens (tertiary/aromatic N) is 1. The van der Waals surface area contributed by atoms with E-state index in [1.165, 1.54) is 6.07 Å². The van der Waals surface area contributed by atoms with Crippen molar-refractivity contribution >= 4 is 17.3 Å². The molecule has 2 aromatic rings. The zero-order valence-electron chi connectivity index (χ0n) is 11.5. The molecule has 0 bridgehead atoms. The first-order valence-corrected chi connectivity index (χ1v) is 6.36. The van der Waals surface area contributed by atoms with Crippen molar-refractivity contribution in [2.45, 2.75) is 13.5 Å².